The molecule has 1 aromatic heterocycles. The number of benzene rings is 2. The van der Waals surface area contributed by atoms with E-state index in [2.05, 4.69) is 36.1 Å². The van der Waals surface area contributed by atoms with E-state index in [-0.39, 0.29) is 5.92 Å². The van der Waals surface area contributed by atoms with E-state index in [1.54, 1.807) is 18.2 Å². The van der Waals surface area contributed by atoms with Gasteiger partial charge in [-0.3, -0.25) is 0 Å². The Morgan fingerprint density at radius 3 is 2.69 bits per heavy atom. The van der Waals surface area contributed by atoms with Crippen LogP contribution in [0.5, 0.6) is 0 Å². The first-order valence-electron chi connectivity index (χ1n) is 12.2. The van der Waals surface area contributed by atoms with Crippen LogP contribution in [0.1, 0.15) is 42.9 Å². The van der Waals surface area contributed by atoms with Crippen LogP contribution in [0, 0.1) is 17.2 Å². The second kappa shape index (κ2) is 9.61. The number of halogens is 1. The normalized spacial score (nSPS) is 17.9. The van der Waals surface area contributed by atoms with Crippen LogP contribution in [0.15, 0.2) is 40.9 Å². The van der Waals surface area contributed by atoms with Crippen LogP contribution < -0.4 is 4.90 Å². The summed E-state index contributed by atoms with van der Waals surface area (Å²) in [4.78, 5) is 19.6. The lowest BCUT2D eigenvalue weighted by atomic mass is 9.86. The number of hydrogen-bond acceptors (Lipinski definition) is 6. The molecule has 2 aliphatic rings. The number of amides is 1. The summed E-state index contributed by atoms with van der Waals surface area (Å²) in [5.74, 6) is 1.30. The molecule has 3 heterocycles. The van der Waals surface area contributed by atoms with Gasteiger partial charge in [-0.1, -0.05) is 31.1 Å². The third kappa shape index (κ3) is 4.63. The predicted octanol–water partition coefficient (Wildman–Crippen LogP) is 5.10. The minimum Gasteiger partial charge on any atom is -0.465 e. The quantitative estimate of drug-likeness (QED) is 0.531. The number of hydrogen-bond donors (Lipinski definition) is 1. The molecule has 0 bridgehead atoms. The van der Waals surface area contributed by atoms with Crippen molar-refractivity contribution < 1.29 is 18.8 Å². The molecule has 2 aliphatic heterocycles. The number of nitriles is 1. The maximum atomic E-state index is 13.3. The SMILES string of the molecule is CC(C)CC1CN(C(=O)O)CCc2cc(-c3noc(-c4ccc(N5CC(F)C5)c(C#N)c4)n3)ccc21. The molecular weight excluding hydrogens is 461 g/mol. The Morgan fingerprint density at radius 2 is 2.00 bits per heavy atom. The van der Waals surface area contributed by atoms with Crippen molar-refractivity contribution in [2.45, 2.75) is 38.8 Å². The van der Waals surface area contributed by atoms with Gasteiger partial charge < -0.3 is 19.4 Å². The van der Waals surface area contributed by atoms with Crippen LogP contribution in [-0.4, -0.2) is 58.6 Å². The Kier molecular flexibility index (Phi) is 6.35. The average Bonchev–Trinajstić information content (AvgIpc) is 3.26. The van der Waals surface area contributed by atoms with Crippen molar-refractivity contribution in [3.05, 3.63) is 53.1 Å². The molecule has 8 nitrogen and oxygen atoms in total. The van der Waals surface area contributed by atoms with Gasteiger partial charge >= 0.3 is 6.09 Å². The van der Waals surface area contributed by atoms with Crippen molar-refractivity contribution in [2.24, 2.45) is 5.92 Å². The molecule has 1 atom stereocenters. The maximum Gasteiger partial charge on any atom is 0.407 e. The summed E-state index contributed by atoms with van der Waals surface area (Å²) in [5, 5.41) is 23.4. The smallest absolute Gasteiger partial charge is 0.407 e. The van der Waals surface area contributed by atoms with Crippen LogP contribution in [-0.2, 0) is 6.42 Å². The molecule has 3 aromatic rings. The lowest BCUT2D eigenvalue weighted by molar-refractivity contribution is 0.142. The number of carbonyl (C=O) groups is 1. The van der Waals surface area contributed by atoms with Crippen molar-refractivity contribution in [3.63, 3.8) is 0 Å². The summed E-state index contributed by atoms with van der Waals surface area (Å²) in [6.45, 7) is 5.82. The van der Waals surface area contributed by atoms with Gasteiger partial charge in [0.2, 0.25) is 5.82 Å². The lowest BCUT2D eigenvalue weighted by Gasteiger charge is -2.36. The Morgan fingerprint density at radius 1 is 1.22 bits per heavy atom. The number of aromatic nitrogens is 2. The van der Waals surface area contributed by atoms with Crippen molar-refractivity contribution in [3.8, 4) is 28.9 Å². The fraction of sp³-hybridized carbons (Fsp3) is 0.407. The van der Waals surface area contributed by atoms with E-state index in [0.29, 0.717) is 67.0 Å². The third-order valence-electron chi connectivity index (χ3n) is 6.93. The van der Waals surface area contributed by atoms with Gasteiger partial charge in [-0.25, -0.2) is 9.18 Å². The summed E-state index contributed by atoms with van der Waals surface area (Å²) in [6, 6.07) is 13.5. The highest BCUT2D eigenvalue weighted by Gasteiger charge is 2.29. The molecule has 36 heavy (non-hydrogen) atoms. The molecule has 5 rings (SSSR count). The minimum absolute atomic E-state index is 0.135. The van der Waals surface area contributed by atoms with Crippen molar-refractivity contribution in [1.29, 1.82) is 5.26 Å². The Balaban J connectivity index is 1.42. The number of fused-ring (bicyclic) bond motifs is 1. The molecule has 1 saturated heterocycles. The number of carboxylic acid groups (broad SMARTS) is 1. The molecule has 1 N–H and O–H groups in total. The van der Waals surface area contributed by atoms with E-state index in [0.717, 1.165) is 17.5 Å². The summed E-state index contributed by atoms with van der Waals surface area (Å²) in [7, 11) is 0. The first-order valence-corrected chi connectivity index (χ1v) is 12.2. The Hall–Kier alpha value is -3.93. The van der Waals surface area contributed by atoms with Gasteiger partial charge in [0.05, 0.1) is 24.3 Å². The van der Waals surface area contributed by atoms with E-state index in [4.69, 9.17) is 4.52 Å². The van der Waals surface area contributed by atoms with Crippen LogP contribution in [0.4, 0.5) is 14.9 Å². The Bertz CT molecular complexity index is 1330. The zero-order chi connectivity index (χ0) is 25.4. The van der Waals surface area contributed by atoms with Gasteiger partial charge in [0.1, 0.15) is 12.2 Å². The largest absolute Gasteiger partial charge is 0.465 e. The van der Waals surface area contributed by atoms with E-state index < -0.39 is 12.3 Å². The van der Waals surface area contributed by atoms with Crippen molar-refractivity contribution in [1.82, 2.24) is 15.0 Å². The van der Waals surface area contributed by atoms with Crippen molar-refractivity contribution >= 4 is 11.8 Å². The highest BCUT2D eigenvalue weighted by molar-refractivity contribution is 5.70. The number of alkyl halides is 1. The van der Waals surface area contributed by atoms with Gasteiger partial charge in [0.25, 0.3) is 5.89 Å². The average molecular weight is 490 g/mol. The summed E-state index contributed by atoms with van der Waals surface area (Å²) in [6.07, 6.45) is -0.217. The minimum atomic E-state index is -0.888. The molecule has 186 valence electrons. The monoisotopic (exact) mass is 489 g/mol. The topological polar surface area (TPSA) is 106 Å². The first kappa shape index (κ1) is 23.8. The van der Waals surface area contributed by atoms with Crippen LogP contribution in [0.3, 0.4) is 0 Å². The van der Waals surface area contributed by atoms with Crippen LogP contribution in [0.2, 0.25) is 0 Å². The summed E-state index contributed by atoms with van der Waals surface area (Å²) >= 11 is 0. The predicted molar refractivity (Wildman–Crippen MR) is 132 cm³/mol. The fourth-order valence-electron chi connectivity index (χ4n) is 5.13. The molecule has 1 unspecified atom stereocenters. The van der Waals surface area contributed by atoms with Gasteiger partial charge in [0.15, 0.2) is 0 Å². The molecule has 0 aliphatic carbocycles. The van der Waals surface area contributed by atoms with Gasteiger partial charge in [-0.05, 0) is 54.2 Å². The second-order valence-corrected chi connectivity index (χ2v) is 9.99. The molecule has 9 heteroatoms. The van der Waals surface area contributed by atoms with E-state index in [1.165, 1.54) is 10.5 Å². The maximum absolute atomic E-state index is 13.3. The molecule has 0 saturated carbocycles. The second-order valence-electron chi connectivity index (χ2n) is 9.99. The lowest BCUT2D eigenvalue weighted by Crippen LogP contribution is -2.48. The fourth-order valence-corrected chi connectivity index (χ4v) is 5.13. The van der Waals surface area contributed by atoms with E-state index in [9.17, 15) is 19.6 Å². The number of anilines is 1. The zero-order valence-electron chi connectivity index (χ0n) is 20.3. The molecule has 0 radical (unpaired) electrons. The van der Waals surface area contributed by atoms with Crippen LogP contribution in [0.25, 0.3) is 22.8 Å². The van der Waals surface area contributed by atoms with E-state index in [1.807, 2.05) is 17.0 Å². The van der Waals surface area contributed by atoms with Gasteiger partial charge in [-0.15, -0.1) is 0 Å². The van der Waals surface area contributed by atoms with Gasteiger partial charge in [-0.2, -0.15) is 10.2 Å². The highest BCUT2D eigenvalue weighted by Crippen LogP contribution is 2.34. The third-order valence-corrected chi connectivity index (χ3v) is 6.93. The van der Waals surface area contributed by atoms with Crippen LogP contribution >= 0.6 is 0 Å². The summed E-state index contributed by atoms with van der Waals surface area (Å²) < 4.78 is 18.8. The molecule has 1 amide bonds. The molecule has 2 aromatic carbocycles. The Labute approximate surface area is 208 Å². The standard InChI is InChI=1S/C27H28FN5O3/c1-16(2)9-21-13-32(27(34)35)8-7-17-10-18(3-5-23(17)21)25-30-26(36-31-25)19-4-6-24(20(11-19)12-29)33-14-22(28)15-33/h3-6,10-11,16,21-22H,7-9,13-15H2,1-2H3,(H,34,35). The van der Waals surface area contributed by atoms with Crippen molar-refractivity contribution in [2.75, 3.05) is 31.1 Å². The molecular formula is C27H28FN5O3. The first-order chi connectivity index (χ1) is 17.3. The number of nitrogens with zero attached hydrogens (tertiary/aromatic N) is 5. The summed E-state index contributed by atoms with van der Waals surface area (Å²) in [5.41, 5.74) is 4.83. The molecule has 0 spiro atoms. The molecule has 1 fully saturated rings. The van der Waals surface area contributed by atoms with E-state index >= 15 is 0 Å². The zero-order valence-corrected chi connectivity index (χ0v) is 20.3. The van der Waals surface area contributed by atoms with Gasteiger partial charge in [0, 0.05) is 30.1 Å². The highest BCUT2D eigenvalue weighted by atomic mass is 19.1. The number of rotatable bonds is 5.